The first kappa shape index (κ1) is 9.48. The van der Waals surface area contributed by atoms with Crippen LogP contribution in [0.5, 0.6) is 0 Å². The summed E-state index contributed by atoms with van der Waals surface area (Å²) in [5.74, 6) is -0.230. The highest BCUT2D eigenvalue weighted by atomic mass is 16.1. The molecule has 12 heavy (non-hydrogen) atoms. The molecule has 4 N–H and O–H groups in total. The Morgan fingerprint density at radius 1 is 1.75 bits per heavy atom. The molecule has 0 bridgehead atoms. The van der Waals surface area contributed by atoms with E-state index in [1.165, 1.54) is 0 Å². The molecule has 1 unspecified atom stereocenters. The van der Waals surface area contributed by atoms with Gasteiger partial charge in [-0.2, -0.15) is 0 Å². The number of primary amides is 1. The summed E-state index contributed by atoms with van der Waals surface area (Å²) in [6.07, 6.45) is 1.76. The summed E-state index contributed by atoms with van der Waals surface area (Å²) < 4.78 is 0. The van der Waals surface area contributed by atoms with Crippen molar-refractivity contribution in [3.63, 3.8) is 0 Å². The van der Waals surface area contributed by atoms with Gasteiger partial charge in [-0.3, -0.25) is 9.69 Å². The molecule has 0 spiro atoms. The van der Waals surface area contributed by atoms with Gasteiger partial charge in [-0.1, -0.05) is 6.92 Å². The van der Waals surface area contributed by atoms with Crippen LogP contribution in [0.25, 0.3) is 0 Å². The minimum Gasteiger partial charge on any atom is -0.368 e. The van der Waals surface area contributed by atoms with Gasteiger partial charge in [-0.25, -0.2) is 0 Å². The van der Waals surface area contributed by atoms with Crippen LogP contribution in [0.15, 0.2) is 0 Å². The Labute approximate surface area is 72.9 Å². The lowest BCUT2D eigenvalue weighted by atomic mass is 10.2. The van der Waals surface area contributed by atoms with E-state index in [2.05, 4.69) is 4.90 Å². The van der Waals surface area contributed by atoms with Crippen molar-refractivity contribution in [3.8, 4) is 0 Å². The van der Waals surface area contributed by atoms with Crippen molar-refractivity contribution in [1.29, 1.82) is 0 Å². The van der Waals surface area contributed by atoms with Gasteiger partial charge in [0, 0.05) is 19.1 Å². The van der Waals surface area contributed by atoms with Crippen molar-refractivity contribution >= 4 is 5.91 Å². The van der Waals surface area contributed by atoms with Gasteiger partial charge in [0.2, 0.25) is 5.91 Å². The van der Waals surface area contributed by atoms with Crippen LogP contribution in [0.1, 0.15) is 19.8 Å². The highest BCUT2D eigenvalue weighted by molar-refractivity contribution is 5.79. The molecule has 2 atom stereocenters. The van der Waals surface area contributed by atoms with Gasteiger partial charge in [0.1, 0.15) is 0 Å². The Balaban J connectivity index is 2.49. The second-order valence-electron chi connectivity index (χ2n) is 3.37. The Morgan fingerprint density at radius 2 is 2.42 bits per heavy atom. The zero-order valence-electron chi connectivity index (χ0n) is 7.49. The van der Waals surface area contributed by atoms with Crippen molar-refractivity contribution in [3.05, 3.63) is 0 Å². The van der Waals surface area contributed by atoms with Crippen LogP contribution in [-0.4, -0.2) is 36.0 Å². The second kappa shape index (κ2) is 3.87. The minimum atomic E-state index is -0.230. The number of hydrogen-bond donors (Lipinski definition) is 2. The maximum absolute atomic E-state index is 11.0. The van der Waals surface area contributed by atoms with E-state index in [4.69, 9.17) is 11.5 Å². The van der Waals surface area contributed by atoms with E-state index in [9.17, 15) is 4.79 Å². The Bertz CT molecular complexity index is 172. The van der Waals surface area contributed by atoms with Crippen molar-refractivity contribution in [2.75, 3.05) is 13.1 Å². The maximum Gasteiger partial charge on any atom is 0.234 e. The second-order valence-corrected chi connectivity index (χ2v) is 3.37. The van der Waals surface area contributed by atoms with Gasteiger partial charge < -0.3 is 11.5 Å². The molecule has 1 fully saturated rings. The summed E-state index contributed by atoms with van der Waals surface area (Å²) in [5.41, 5.74) is 11.0. The number of hydrogen-bond acceptors (Lipinski definition) is 3. The quantitative estimate of drug-likeness (QED) is 0.589. The van der Waals surface area contributed by atoms with Gasteiger partial charge in [0.25, 0.3) is 0 Å². The van der Waals surface area contributed by atoms with Crippen LogP contribution in [0.3, 0.4) is 0 Å². The Morgan fingerprint density at radius 3 is 2.75 bits per heavy atom. The van der Waals surface area contributed by atoms with Gasteiger partial charge in [-0.05, 0) is 12.8 Å². The third-order valence-electron chi connectivity index (χ3n) is 2.41. The fourth-order valence-electron chi connectivity index (χ4n) is 1.74. The first-order valence-electron chi connectivity index (χ1n) is 4.44. The van der Waals surface area contributed by atoms with Crippen LogP contribution >= 0.6 is 0 Å². The fraction of sp³-hybridized carbons (Fsp3) is 0.875. The third-order valence-corrected chi connectivity index (χ3v) is 2.41. The summed E-state index contributed by atoms with van der Waals surface area (Å²) in [5, 5.41) is 0. The SMILES string of the molecule is CCC(C(N)=O)N1CC[C@@H](N)C1. The highest BCUT2D eigenvalue weighted by Crippen LogP contribution is 2.12. The molecule has 1 rings (SSSR count). The van der Waals surface area contributed by atoms with Crippen molar-refractivity contribution < 1.29 is 4.79 Å². The average molecular weight is 171 g/mol. The molecule has 1 saturated heterocycles. The molecule has 1 amide bonds. The van der Waals surface area contributed by atoms with Crippen LogP contribution in [0, 0.1) is 0 Å². The van der Waals surface area contributed by atoms with Gasteiger partial charge in [-0.15, -0.1) is 0 Å². The predicted octanol–water partition coefficient (Wildman–Crippen LogP) is -0.717. The van der Waals surface area contributed by atoms with E-state index in [1.54, 1.807) is 0 Å². The standard InChI is InChI=1S/C8H17N3O/c1-2-7(8(10)12)11-4-3-6(9)5-11/h6-7H,2-5,9H2,1H3,(H2,10,12)/t6-,7?/m1/s1. The number of nitrogens with zero attached hydrogens (tertiary/aromatic N) is 1. The van der Waals surface area contributed by atoms with Crippen molar-refractivity contribution in [1.82, 2.24) is 4.90 Å². The molecule has 1 aliphatic heterocycles. The van der Waals surface area contributed by atoms with E-state index in [1.807, 2.05) is 6.92 Å². The number of carbonyl (C=O) groups is 1. The molecule has 0 aliphatic carbocycles. The fourth-order valence-corrected chi connectivity index (χ4v) is 1.74. The third kappa shape index (κ3) is 1.95. The lowest BCUT2D eigenvalue weighted by molar-refractivity contribution is -0.123. The Hall–Kier alpha value is -0.610. The smallest absolute Gasteiger partial charge is 0.234 e. The minimum absolute atomic E-state index is 0.112. The summed E-state index contributed by atoms with van der Waals surface area (Å²) in [4.78, 5) is 13.0. The zero-order chi connectivity index (χ0) is 9.14. The van der Waals surface area contributed by atoms with Gasteiger partial charge in [0.15, 0.2) is 0 Å². The largest absolute Gasteiger partial charge is 0.368 e. The molecule has 1 aliphatic rings. The van der Waals surface area contributed by atoms with Crippen LogP contribution in [0.2, 0.25) is 0 Å². The molecule has 4 nitrogen and oxygen atoms in total. The van der Waals surface area contributed by atoms with Gasteiger partial charge >= 0.3 is 0 Å². The van der Waals surface area contributed by atoms with E-state index >= 15 is 0 Å². The van der Waals surface area contributed by atoms with Crippen molar-refractivity contribution in [2.24, 2.45) is 11.5 Å². The van der Waals surface area contributed by atoms with E-state index in [0.29, 0.717) is 0 Å². The lowest BCUT2D eigenvalue weighted by Crippen LogP contribution is -2.44. The van der Waals surface area contributed by atoms with Crippen molar-refractivity contribution in [2.45, 2.75) is 31.8 Å². The summed E-state index contributed by atoms with van der Waals surface area (Å²) in [6.45, 7) is 3.68. The lowest BCUT2D eigenvalue weighted by Gasteiger charge is -2.23. The predicted molar refractivity (Wildman–Crippen MR) is 47.4 cm³/mol. The van der Waals surface area contributed by atoms with Crippen LogP contribution in [0.4, 0.5) is 0 Å². The van der Waals surface area contributed by atoms with Crippen LogP contribution in [-0.2, 0) is 4.79 Å². The molecule has 70 valence electrons. The first-order chi connectivity index (χ1) is 5.65. The van der Waals surface area contributed by atoms with Crippen LogP contribution < -0.4 is 11.5 Å². The molecule has 0 aromatic carbocycles. The Kier molecular flexibility index (Phi) is 3.05. The number of carbonyl (C=O) groups excluding carboxylic acids is 1. The normalized spacial score (nSPS) is 27.3. The number of nitrogens with two attached hydrogens (primary N) is 2. The summed E-state index contributed by atoms with van der Waals surface area (Å²) in [6, 6.07) is 0.108. The topological polar surface area (TPSA) is 72.4 Å². The number of likely N-dealkylation sites (tertiary alicyclic amines) is 1. The summed E-state index contributed by atoms with van der Waals surface area (Å²) in [7, 11) is 0. The molecule has 0 aromatic heterocycles. The molecule has 4 heteroatoms. The number of amides is 1. The molecule has 0 aromatic rings. The van der Waals surface area contributed by atoms with Gasteiger partial charge in [0.05, 0.1) is 6.04 Å². The highest BCUT2D eigenvalue weighted by Gasteiger charge is 2.28. The molecule has 0 saturated carbocycles. The van der Waals surface area contributed by atoms with E-state index in [0.717, 1.165) is 25.9 Å². The summed E-state index contributed by atoms with van der Waals surface area (Å²) >= 11 is 0. The maximum atomic E-state index is 11.0. The van der Waals surface area contributed by atoms with E-state index < -0.39 is 0 Å². The number of rotatable bonds is 3. The first-order valence-corrected chi connectivity index (χ1v) is 4.44. The van der Waals surface area contributed by atoms with E-state index in [-0.39, 0.29) is 18.0 Å². The average Bonchev–Trinajstić information content (AvgIpc) is 2.37. The molecular formula is C8H17N3O. The molecular weight excluding hydrogens is 154 g/mol. The zero-order valence-corrected chi connectivity index (χ0v) is 7.49. The molecule has 1 heterocycles. The monoisotopic (exact) mass is 171 g/mol. The molecule has 0 radical (unpaired) electrons.